The van der Waals surface area contributed by atoms with Crippen molar-refractivity contribution in [1.82, 2.24) is 15.3 Å². The molecular weight excluding hydrogens is 325 g/mol. The van der Waals surface area contributed by atoms with Crippen molar-refractivity contribution >= 4 is 35.0 Å². The van der Waals surface area contributed by atoms with E-state index in [1.807, 2.05) is 24.5 Å². The molecule has 112 valence electrons. The van der Waals surface area contributed by atoms with Crippen LogP contribution in [0.15, 0.2) is 40.6 Å². The molecule has 1 aromatic carbocycles. The number of aromatic nitrogens is 2. The van der Waals surface area contributed by atoms with Gasteiger partial charge in [-0.3, -0.25) is 0 Å². The second-order valence-corrected chi connectivity index (χ2v) is 6.93. The molecule has 1 aromatic heterocycles. The molecular formula is C15H17Cl2N3S. The smallest absolute Gasteiger partial charge is 0.192 e. The van der Waals surface area contributed by atoms with Gasteiger partial charge in [0.1, 0.15) is 0 Å². The third-order valence-corrected chi connectivity index (χ3v) is 4.29. The number of hydrogen-bond acceptors (Lipinski definition) is 4. The van der Waals surface area contributed by atoms with Crippen LogP contribution in [0.5, 0.6) is 0 Å². The van der Waals surface area contributed by atoms with Gasteiger partial charge in [0.15, 0.2) is 5.16 Å². The highest BCUT2D eigenvalue weighted by molar-refractivity contribution is 7.99. The lowest BCUT2D eigenvalue weighted by atomic mass is 10.2. The fraction of sp³-hybridized carbons (Fsp3) is 0.333. The fourth-order valence-corrected chi connectivity index (χ4v) is 2.74. The van der Waals surface area contributed by atoms with Crippen LogP contribution in [0.2, 0.25) is 10.0 Å². The highest BCUT2D eigenvalue weighted by Crippen LogP contribution is 2.30. The summed E-state index contributed by atoms with van der Waals surface area (Å²) >= 11 is 13.4. The molecule has 0 saturated carbocycles. The Labute approximate surface area is 139 Å². The Bertz CT molecular complexity index is 588. The third-order valence-electron chi connectivity index (χ3n) is 2.66. The maximum Gasteiger partial charge on any atom is 0.192 e. The first kappa shape index (κ1) is 16.6. The summed E-state index contributed by atoms with van der Waals surface area (Å²) in [5.74, 6) is 0.635. The molecule has 6 heteroatoms. The molecule has 1 heterocycles. The summed E-state index contributed by atoms with van der Waals surface area (Å²) in [7, 11) is 0. The summed E-state index contributed by atoms with van der Waals surface area (Å²) in [6.07, 6.45) is 3.69. The molecule has 0 saturated heterocycles. The molecule has 3 nitrogen and oxygen atoms in total. The van der Waals surface area contributed by atoms with Crippen molar-refractivity contribution in [2.75, 3.05) is 6.54 Å². The van der Waals surface area contributed by atoms with Crippen molar-refractivity contribution in [2.24, 2.45) is 5.92 Å². The summed E-state index contributed by atoms with van der Waals surface area (Å²) in [6.45, 7) is 6.14. The van der Waals surface area contributed by atoms with E-state index >= 15 is 0 Å². The second kappa shape index (κ2) is 7.99. The van der Waals surface area contributed by atoms with Crippen LogP contribution < -0.4 is 5.32 Å². The molecule has 0 spiro atoms. The van der Waals surface area contributed by atoms with Crippen molar-refractivity contribution in [1.29, 1.82) is 0 Å². The maximum atomic E-state index is 5.99. The highest BCUT2D eigenvalue weighted by Gasteiger charge is 2.04. The first-order valence-electron chi connectivity index (χ1n) is 6.69. The van der Waals surface area contributed by atoms with Gasteiger partial charge in [0.2, 0.25) is 0 Å². The van der Waals surface area contributed by atoms with Crippen LogP contribution in [0.25, 0.3) is 0 Å². The van der Waals surface area contributed by atoms with E-state index in [0.717, 1.165) is 23.5 Å². The van der Waals surface area contributed by atoms with E-state index < -0.39 is 0 Å². The van der Waals surface area contributed by atoms with E-state index in [1.54, 1.807) is 6.07 Å². The predicted octanol–water partition coefficient (Wildman–Crippen LogP) is 4.68. The summed E-state index contributed by atoms with van der Waals surface area (Å²) in [5, 5.41) is 5.15. The molecule has 0 aliphatic heterocycles. The predicted molar refractivity (Wildman–Crippen MR) is 89.2 cm³/mol. The van der Waals surface area contributed by atoms with E-state index in [1.165, 1.54) is 11.8 Å². The molecule has 0 atom stereocenters. The standard InChI is InChI=1S/C15H17Cl2N3S/c1-10(2)6-18-7-11-8-19-15(20-9-11)21-12-3-4-13(16)14(17)5-12/h3-5,8-10,18H,6-7H2,1-2H3. The van der Waals surface area contributed by atoms with Gasteiger partial charge in [0.25, 0.3) is 0 Å². The van der Waals surface area contributed by atoms with Crippen LogP contribution in [0.3, 0.4) is 0 Å². The molecule has 0 aliphatic rings. The van der Waals surface area contributed by atoms with E-state index in [4.69, 9.17) is 23.2 Å². The molecule has 0 bridgehead atoms. The van der Waals surface area contributed by atoms with Gasteiger partial charge >= 0.3 is 0 Å². The molecule has 2 rings (SSSR count). The summed E-state index contributed by atoms with van der Waals surface area (Å²) in [6, 6.07) is 5.49. The molecule has 21 heavy (non-hydrogen) atoms. The van der Waals surface area contributed by atoms with Crippen molar-refractivity contribution in [2.45, 2.75) is 30.4 Å². The van der Waals surface area contributed by atoms with Crippen LogP contribution in [0.1, 0.15) is 19.4 Å². The van der Waals surface area contributed by atoms with Crippen molar-refractivity contribution in [3.05, 3.63) is 46.2 Å². The average molecular weight is 342 g/mol. The number of hydrogen-bond donors (Lipinski definition) is 1. The zero-order valence-corrected chi connectivity index (χ0v) is 14.3. The lowest BCUT2D eigenvalue weighted by molar-refractivity contribution is 0.550. The molecule has 0 amide bonds. The van der Waals surface area contributed by atoms with Gasteiger partial charge in [0, 0.05) is 29.4 Å². The Morgan fingerprint density at radius 2 is 1.86 bits per heavy atom. The quantitative estimate of drug-likeness (QED) is 0.774. The monoisotopic (exact) mass is 341 g/mol. The van der Waals surface area contributed by atoms with E-state index in [0.29, 0.717) is 21.1 Å². The zero-order valence-electron chi connectivity index (χ0n) is 11.9. The van der Waals surface area contributed by atoms with Gasteiger partial charge in [-0.15, -0.1) is 0 Å². The van der Waals surface area contributed by atoms with Gasteiger partial charge in [-0.25, -0.2) is 9.97 Å². The fourth-order valence-electron chi connectivity index (χ4n) is 1.64. The minimum absolute atomic E-state index is 0.538. The van der Waals surface area contributed by atoms with E-state index in [9.17, 15) is 0 Å². The molecule has 1 N–H and O–H groups in total. The first-order chi connectivity index (χ1) is 10.0. The topological polar surface area (TPSA) is 37.8 Å². The average Bonchev–Trinajstić information content (AvgIpc) is 2.44. The van der Waals surface area contributed by atoms with Crippen molar-refractivity contribution in [3.63, 3.8) is 0 Å². The van der Waals surface area contributed by atoms with Crippen LogP contribution >= 0.6 is 35.0 Å². The molecule has 0 aliphatic carbocycles. The Balaban J connectivity index is 1.94. The molecule has 0 radical (unpaired) electrons. The van der Waals surface area contributed by atoms with Gasteiger partial charge in [-0.1, -0.05) is 37.0 Å². The summed E-state index contributed by atoms with van der Waals surface area (Å²) < 4.78 is 0. The largest absolute Gasteiger partial charge is 0.312 e. The Kier molecular flexibility index (Phi) is 6.30. The molecule has 0 fully saturated rings. The zero-order chi connectivity index (χ0) is 15.2. The lowest BCUT2D eigenvalue weighted by Crippen LogP contribution is -2.19. The highest BCUT2D eigenvalue weighted by atomic mass is 35.5. The van der Waals surface area contributed by atoms with Gasteiger partial charge in [-0.05, 0) is 42.4 Å². The number of nitrogens with zero attached hydrogens (tertiary/aromatic N) is 2. The van der Waals surface area contributed by atoms with Crippen LogP contribution in [-0.2, 0) is 6.54 Å². The normalized spacial score (nSPS) is 11.1. The Morgan fingerprint density at radius 3 is 2.48 bits per heavy atom. The molecule has 0 unspecified atom stereocenters. The van der Waals surface area contributed by atoms with Crippen LogP contribution in [0.4, 0.5) is 0 Å². The lowest BCUT2D eigenvalue weighted by Gasteiger charge is -2.07. The third kappa shape index (κ3) is 5.47. The minimum atomic E-state index is 0.538. The van der Waals surface area contributed by atoms with Gasteiger partial charge in [0.05, 0.1) is 10.0 Å². The number of rotatable bonds is 6. The maximum absolute atomic E-state index is 5.99. The number of nitrogens with one attached hydrogen (secondary N) is 1. The SMILES string of the molecule is CC(C)CNCc1cnc(Sc2ccc(Cl)c(Cl)c2)nc1. The van der Waals surface area contributed by atoms with Crippen molar-refractivity contribution in [3.8, 4) is 0 Å². The minimum Gasteiger partial charge on any atom is -0.312 e. The summed E-state index contributed by atoms with van der Waals surface area (Å²) in [4.78, 5) is 9.69. The second-order valence-electron chi connectivity index (χ2n) is 5.08. The van der Waals surface area contributed by atoms with Gasteiger partial charge in [-0.2, -0.15) is 0 Å². The Hall–Kier alpha value is -0.810. The number of halogens is 2. The first-order valence-corrected chi connectivity index (χ1v) is 8.26. The van der Waals surface area contributed by atoms with E-state index in [2.05, 4.69) is 29.1 Å². The Morgan fingerprint density at radius 1 is 1.14 bits per heavy atom. The van der Waals surface area contributed by atoms with Crippen molar-refractivity contribution < 1.29 is 0 Å². The van der Waals surface area contributed by atoms with Gasteiger partial charge < -0.3 is 5.32 Å². The van der Waals surface area contributed by atoms with Crippen LogP contribution in [0, 0.1) is 5.92 Å². The molecule has 2 aromatic rings. The number of benzene rings is 1. The van der Waals surface area contributed by atoms with Crippen LogP contribution in [-0.4, -0.2) is 16.5 Å². The van der Waals surface area contributed by atoms with E-state index in [-0.39, 0.29) is 0 Å². The summed E-state index contributed by atoms with van der Waals surface area (Å²) in [5.41, 5.74) is 1.08.